The van der Waals surface area contributed by atoms with Crippen molar-refractivity contribution in [2.45, 2.75) is 57.3 Å². The molecule has 0 saturated heterocycles. The molecule has 2 rings (SSSR count). The van der Waals surface area contributed by atoms with Crippen LogP contribution in [0.25, 0.3) is 0 Å². The van der Waals surface area contributed by atoms with E-state index < -0.39 is 30.1 Å². The van der Waals surface area contributed by atoms with Crippen LogP contribution in [0.4, 0.5) is 13.2 Å². The van der Waals surface area contributed by atoms with Gasteiger partial charge in [0, 0.05) is 18.1 Å². The number of carbonyl (C=O) groups is 1. The lowest BCUT2D eigenvalue weighted by molar-refractivity contribution is -0.303. The van der Waals surface area contributed by atoms with Crippen LogP contribution >= 0.6 is 0 Å². The second-order valence-corrected chi connectivity index (χ2v) is 5.31. The van der Waals surface area contributed by atoms with Crippen LogP contribution in [0.5, 0.6) is 0 Å². The van der Waals surface area contributed by atoms with Gasteiger partial charge in [-0.1, -0.05) is 19.3 Å². The van der Waals surface area contributed by atoms with Gasteiger partial charge in [-0.15, -0.1) is 0 Å². The summed E-state index contributed by atoms with van der Waals surface area (Å²) in [6, 6.07) is 0. The number of alkyl halides is 3. The van der Waals surface area contributed by atoms with Crippen molar-refractivity contribution in [1.82, 2.24) is 5.01 Å². The van der Waals surface area contributed by atoms with Crippen LogP contribution in [0.15, 0.2) is 5.10 Å². The minimum atomic E-state index is -4.90. The van der Waals surface area contributed by atoms with Gasteiger partial charge in [0.2, 0.25) is 5.91 Å². The van der Waals surface area contributed by atoms with E-state index >= 15 is 0 Å². The quantitative estimate of drug-likeness (QED) is 0.801. The Kier molecular flexibility index (Phi) is 3.59. The molecule has 0 unspecified atom stereocenters. The molecule has 2 aliphatic rings. The van der Waals surface area contributed by atoms with Crippen molar-refractivity contribution in [3.8, 4) is 0 Å². The van der Waals surface area contributed by atoms with Gasteiger partial charge in [-0.3, -0.25) is 4.79 Å². The predicted molar refractivity (Wildman–Crippen MR) is 62.2 cm³/mol. The maximum absolute atomic E-state index is 13.0. The van der Waals surface area contributed by atoms with Crippen LogP contribution < -0.4 is 0 Å². The Morgan fingerprint density at radius 2 is 1.95 bits per heavy atom. The highest BCUT2D eigenvalue weighted by Gasteiger charge is 2.63. The molecule has 0 aromatic rings. The van der Waals surface area contributed by atoms with E-state index in [9.17, 15) is 23.1 Å². The summed E-state index contributed by atoms with van der Waals surface area (Å²) in [5.41, 5.74) is -3.06. The van der Waals surface area contributed by atoms with Crippen LogP contribution in [0, 0.1) is 5.92 Å². The van der Waals surface area contributed by atoms with Crippen LogP contribution in [0.3, 0.4) is 0 Å². The Morgan fingerprint density at radius 3 is 2.47 bits per heavy atom. The summed E-state index contributed by atoms with van der Waals surface area (Å²) in [5.74, 6) is -1.17. The SMILES string of the molecule is CC1=NN(C(=O)C2CCCCC2)[C@](O)(C(F)(F)F)C1. The zero-order valence-corrected chi connectivity index (χ0v) is 10.7. The molecule has 1 amide bonds. The minimum Gasteiger partial charge on any atom is -0.362 e. The Hall–Kier alpha value is -1.11. The normalized spacial score (nSPS) is 29.5. The first-order chi connectivity index (χ1) is 8.75. The third-order valence-corrected chi connectivity index (χ3v) is 3.74. The van der Waals surface area contributed by atoms with Crippen molar-refractivity contribution >= 4 is 11.6 Å². The molecule has 1 aliphatic carbocycles. The van der Waals surface area contributed by atoms with E-state index in [4.69, 9.17) is 0 Å². The molecule has 0 spiro atoms. The number of rotatable bonds is 1. The van der Waals surface area contributed by atoms with E-state index in [0.29, 0.717) is 12.8 Å². The Morgan fingerprint density at radius 1 is 1.37 bits per heavy atom. The highest BCUT2D eigenvalue weighted by Crippen LogP contribution is 2.41. The topological polar surface area (TPSA) is 52.9 Å². The second-order valence-electron chi connectivity index (χ2n) is 5.31. The maximum Gasteiger partial charge on any atom is 0.438 e. The van der Waals surface area contributed by atoms with Gasteiger partial charge in [0.25, 0.3) is 5.72 Å². The summed E-state index contributed by atoms with van der Waals surface area (Å²) in [7, 11) is 0. The summed E-state index contributed by atoms with van der Waals surface area (Å²) in [4.78, 5) is 12.2. The average Bonchev–Trinajstić information content (AvgIpc) is 2.65. The van der Waals surface area contributed by atoms with E-state index in [1.807, 2.05) is 0 Å². The summed E-state index contributed by atoms with van der Waals surface area (Å²) in [6.45, 7) is 1.38. The van der Waals surface area contributed by atoms with Crippen LogP contribution in [-0.4, -0.2) is 33.6 Å². The number of aliphatic hydroxyl groups is 1. The molecule has 4 nitrogen and oxygen atoms in total. The van der Waals surface area contributed by atoms with Crippen molar-refractivity contribution in [2.75, 3.05) is 0 Å². The molecule has 0 bridgehead atoms. The summed E-state index contributed by atoms with van der Waals surface area (Å²) in [6.07, 6.45) is -1.78. The first-order valence-electron chi connectivity index (χ1n) is 6.43. The van der Waals surface area contributed by atoms with E-state index in [1.54, 1.807) is 0 Å². The monoisotopic (exact) mass is 278 g/mol. The van der Waals surface area contributed by atoms with Crippen molar-refractivity contribution < 1.29 is 23.1 Å². The Bertz CT molecular complexity index is 402. The first-order valence-corrected chi connectivity index (χ1v) is 6.43. The van der Waals surface area contributed by atoms with Gasteiger partial charge in [-0.05, 0) is 19.8 Å². The highest BCUT2D eigenvalue weighted by atomic mass is 19.4. The maximum atomic E-state index is 13.0. The van der Waals surface area contributed by atoms with Crippen molar-refractivity contribution in [2.24, 2.45) is 11.0 Å². The van der Waals surface area contributed by atoms with E-state index in [0.717, 1.165) is 19.3 Å². The number of nitrogens with zero attached hydrogens (tertiary/aromatic N) is 2. The number of hydrazone groups is 1. The standard InChI is InChI=1S/C12H17F3N2O2/c1-8-7-11(19,12(13,14)15)17(16-8)10(18)9-5-3-2-4-6-9/h9,19H,2-7H2,1H3/t11-/m1/s1. The molecule has 1 aliphatic heterocycles. The van der Waals surface area contributed by atoms with Gasteiger partial charge >= 0.3 is 6.18 Å². The largest absolute Gasteiger partial charge is 0.438 e. The van der Waals surface area contributed by atoms with Gasteiger partial charge < -0.3 is 5.11 Å². The Balaban J connectivity index is 2.23. The molecule has 1 saturated carbocycles. The van der Waals surface area contributed by atoms with E-state index in [-0.39, 0.29) is 10.7 Å². The summed E-state index contributed by atoms with van der Waals surface area (Å²) in [5, 5.41) is 13.7. The highest BCUT2D eigenvalue weighted by molar-refractivity contribution is 5.89. The molecule has 1 N–H and O–H groups in total. The molecule has 19 heavy (non-hydrogen) atoms. The number of amides is 1. The number of hydrogen-bond donors (Lipinski definition) is 1. The number of hydrogen-bond acceptors (Lipinski definition) is 3. The minimum absolute atomic E-state index is 0.115. The van der Waals surface area contributed by atoms with Crippen LogP contribution in [0.2, 0.25) is 0 Å². The van der Waals surface area contributed by atoms with Gasteiger partial charge in [-0.2, -0.15) is 23.3 Å². The number of carbonyl (C=O) groups excluding carboxylic acids is 1. The molecule has 108 valence electrons. The van der Waals surface area contributed by atoms with Crippen LogP contribution in [-0.2, 0) is 4.79 Å². The van der Waals surface area contributed by atoms with Gasteiger partial charge in [0.15, 0.2) is 0 Å². The van der Waals surface area contributed by atoms with Gasteiger partial charge in [0.05, 0.1) is 0 Å². The van der Waals surface area contributed by atoms with Gasteiger partial charge in [0.1, 0.15) is 0 Å². The Labute approximate surface area is 109 Å². The third-order valence-electron chi connectivity index (χ3n) is 3.74. The van der Waals surface area contributed by atoms with E-state index in [2.05, 4.69) is 5.10 Å². The average molecular weight is 278 g/mol. The van der Waals surface area contributed by atoms with Gasteiger partial charge in [-0.25, -0.2) is 0 Å². The lowest BCUT2D eigenvalue weighted by atomic mass is 9.88. The van der Waals surface area contributed by atoms with Crippen molar-refractivity contribution in [3.63, 3.8) is 0 Å². The molecular weight excluding hydrogens is 261 g/mol. The third kappa shape index (κ3) is 2.48. The predicted octanol–water partition coefficient (Wildman–Crippen LogP) is 2.43. The molecule has 0 radical (unpaired) electrons. The first kappa shape index (κ1) is 14.3. The summed E-state index contributed by atoms with van der Waals surface area (Å²) >= 11 is 0. The molecule has 1 atom stereocenters. The molecule has 7 heteroatoms. The fourth-order valence-electron chi connectivity index (χ4n) is 2.69. The zero-order valence-electron chi connectivity index (χ0n) is 10.7. The van der Waals surface area contributed by atoms with Crippen LogP contribution in [0.1, 0.15) is 45.4 Å². The lowest BCUT2D eigenvalue weighted by Crippen LogP contribution is -2.57. The van der Waals surface area contributed by atoms with Crippen molar-refractivity contribution in [1.29, 1.82) is 0 Å². The molecule has 1 fully saturated rings. The molecule has 1 heterocycles. The summed E-state index contributed by atoms with van der Waals surface area (Å²) < 4.78 is 38.9. The zero-order chi connectivity index (χ0) is 14.3. The van der Waals surface area contributed by atoms with Crippen molar-refractivity contribution in [3.05, 3.63) is 0 Å². The fourth-order valence-corrected chi connectivity index (χ4v) is 2.69. The molecule has 0 aromatic heterocycles. The molecular formula is C12H17F3N2O2. The fraction of sp³-hybridized carbons (Fsp3) is 0.833. The van der Waals surface area contributed by atoms with E-state index in [1.165, 1.54) is 6.92 Å². The molecule has 0 aromatic carbocycles. The number of halogens is 3. The second kappa shape index (κ2) is 4.77. The lowest BCUT2D eigenvalue weighted by Gasteiger charge is -2.35. The smallest absolute Gasteiger partial charge is 0.362 e.